The van der Waals surface area contributed by atoms with Crippen LogP contribution in [0.5, 0.6) is 0 Å². The molecule has 8 nitrogen and oxygen atoms in total. The number of fused-ring (bicyclic) bond motifs is 2. The van der Waals surface area contributed by atoms with E-state index >= 15 is 0 Å². The quantitative estimate of drug-likeness (QED) is 0.521. The average Bonchev–Trinajstić information content (AvgIpc) is 3.90. The van der Waals surface area contributed by atoms with Crippen LogP contribution in [0.25, 0.3) is 0 Å². The minimum atomic E-state index is -3.89. The molecule has 2 saturated carbocycles. The lowest BCUT2D eigenvalue weighted by Gasteiger charge is -2.48. The number of nitrogens with zero attached hydrogens (tertiary/aromatic N) is 3. The normalized spacial score (nSPS) is 35.5. The number of hydrogen-bond donors (Lipinski definition) is 1. The van der Waals surface area contributed by atoms with Crippen LogP contribution in [0.4, 0.5) is 0 Å². The molecular formula is C30H42ClN3O5S. The molecule has 6 fully saturated rings. The molecule has 0 aromatic heterocycles. The van der Waals surface area contributed by atoms with Gasteiger partial charge in [0.1, 0.15) is 6.10 Å². The number of rotatable bonds is 7. The lowest BCUT2D eigenvalue weighted by Crippen LogP contribution is -2.63. The van der Waals surface area contributed by atoms with E-state index in [1.165, 1.54) is 19.3 Å². The number of aliphatic hydroxyl groups is 1. The number of hydrogen-bond acceptors (Lipinski definition) is 6. The minimum Gasteiger partial charge on any atom is -0.383 e. The highest BCUT2D eigenvalue weighted by Crippen LogP contribution is 2.57. The maximum absolute atomic E-state index is 14.2. The lowest BCUT2D eigenvalue weighted by molar-refractivity contribution is -0.154. The molecular weight excluding hydrogens is 550 g/mol. The topological polar surface area (TPSA) is 90.4 Å². The van der Waals surface area contributed by atoms with Crippen LogP contribution in [0, 0.1) is 11.3 Å². The first-order chi connectivity index (χ1) is 19.3. The van der Waals surface area contributed by atoms with Crippen LogP contribution in [0.3, 0.4) is 0 Å². The highest BCUT2D eigenvalue weighted by molar-refractivity contribution is 7.89. The van der Waals surface area contributed by atoms with Gasteiger partial charge in [0.2, 0.25) is 10.0 Å². The summed E-state index contributed by atoms with van der Waals surface area (Å²) in [6, 6.07) is 6.32. The van der Waals surface area contributed by atoms with E-state index in [9.17, 15) is 18.3 Å². The van der Waals surface area contributed by atoms with Gasteiger partial charge in [0, 0.05) is 28.6 Å². The standard InChI is InChI=1S/C30H42ClN3O5S/c31-21-6-10-25(11-7-21)40(37,38)34-26(20-4-5-20)18-39-19-27(34)30(12-13-30)28(35)29(36)33-22-8-9-23(33)17-24(16-22)32-14-2-1-3-15-32/h6-7,10-11,20,22-24,26-28,35H,1-5,8-9,12-19H2/t22?,23?,24?,26-,27+,28?/m0/s1. The number of sulfonamides is 1. The van der Waals surface area contributed by atoms with Crippen LogP contribution in [-0.4, -0.2) is 96.2 Å². The Kier molecular flexibility index (Phi) is 7.24. The molecule has 0 spiro atoms. The number of halogens is 1. The second-order valence-corrected chi connectivity index (χ2v) is 15.5. The van der Waals surface area contributed by atoms with Crippen molar-refractivity contribution in [2.75, 3.05) is 26.3 Å². The third kappa shape index (κ3) is 4.73. The lowest BCUT2D eigenvalue weighted by atomic mass is 9.86. The molecule has 5 atom stereocenters. The van der Waals surface area contributed by atoms with Crippen molar-refractivity contribution in [1.82, 2.24) is 14.1 Å². The van der Waals surface area contributed by atoms with E-state index in [1.807, 2.05) is 4.90 Å². The molecule has 10 heteroatoms. The van der Waals surface area contributed by atoms with Crippen molar-refractivity contribution in [3.8, 4) is 0 Å². The third-order valence-electron chi connectivity index (χ3n) is 10.9. The summed E-state index contributed by atoms with van der Waals surface area (Å²) in [5.41, 5.74) is -0.812. The van der Waals surface area contributed by atoms with Gasteiger partial charge in [-0.05, 0) is 107 Å². The van der Waals surface area contributed by atoms with Gasteiger partial charge in [0.05, 0.1) is 30.2 Å². The Balaban J connectivity index is 1.14. The number of benzene rings is 1. The van der Waals surface area contributed by atoms with Crippen LogP contribution in [0.15, 0.2) is 29.2 Å². The van der Waals surface area contributed by atoms with E-state index in [0.29, 0.717) is 30.5 Å². The van der Waals surface area contributed by atoms with Gasteiger partial charge in [-0.1, -0.05) is 18.0 Å². The van der Waals surface area contributed by atoms with Gasteiger partial charge in [0.25, 0.3) is 5.91 Å². The maximum atomic E-state index is 14.2. The molecule has 6 aliphatic rings. The van der Waals surface area contributed by atoms with Crippen molar-refractivity contribution in [3.05, 3.63) is 29.3 Å². The second-order valence-electron chi connectivity index (χ2n) is 13.2. The Morgan fingerprint density at radius 1 is 0.950 bits per heavy atom. The number of morpholine rings is 1. The molecule has 1 aromatic carbocycles. The minimum absolute atomic E-state index is 0.166. The van der Waals surface area contributed by atoms with E-state index in [0.717, 1.165) is 51.6 Å². The Bertz CT molecular complexity index is 1200. The number of carbonyl (C=O) groups is 1. The van der Waals surface area contributed by atoms with E-state index in [1.54, 1.807) is 28.6 Å². The Labute approximate surface area is 243 Å². The van der Waals surface area contributed by atoms with E-state index in [2.05, 4.69) is 4.90 Å². The zero-order valence-electron chi connectivity index (χ0n) is 23.2. The zero-order chi connectivity index (χ0) is 27.6. The number of carbonyl (C=O) groups excluding carboxylic acids is 1. The first-order valence-corrected chi connectivity index (χ1v) is 17.2. The Hall–Kier alpha value is -1.23. The number of aliphatic hydroxyl groups excluding tert-OH is 1. The molecule has 1 amide bonds. The number of piperidine rings is 2. The summed E-state index contributed by atoms with van der Waals surface area (Å²) in [5.74, 6) is 0.0534. The largest absolute Gasteiger partial charge is 0.383 e. The third-order valence-corrected chi connectivity index (χ3v) is 13.1. The summed E-state index contributed by atoms with van der Waals surface area (Å²) in [6.07, 6.45) is 9.74. The highest BCUT2D eigenvalue weighted by atomic mass is 35.5. The predicted octanol–water partition coefficient (Wildman–Crippen LogP) is 3.66. The fraction of sp³-hybridized carbons (Fsp3) is 0.767. The highest BCUT2D eigenvalue weighted by Gasteiger charge is 2.64. The molecule has 4 aliphatic heterocycles. The van der Waals surface area contributed by atoms with Crippen molar-refractivity contribution in [2.45, 2.75) is 112 Å². The summed E-state index contributed by atoms with van der Waals surface area (Å²) >= 11 is 6.07. The first kappa shape index (κ1) is 27.6. The van der Waals surface area contributed by atoms with Gasteiger partial charge in [-0.2, -0.15) is 4.31 Å². The SMILES string of the molecule is O=C(C(O)C1([C@H]2COC[C@@H](C3CC3)N2S(=O)(=O)c2ccc(Cl)cc2)CC1)N1C2CCC1CC(N1CCCCC1)C2. The van der Waals surface area contributed by atoms with Gasteiger partial charge in [-0.15, -0.1) is 0 Å². The molecule has 0 radical (unpaired) electrons. The fourth-order valence-corrected chi connectivity index (χ4v) is 10.5. The van der Waals surface area contributed by atoms with Crippen molar-refractivity contribution < 1.29 is 23.1 Å². The molecule has 4 saturated heterocycles. The summed E-state index contributed by atoms with van der Waals surface area (Å²) in [6.45, 7) is 2.86. The fourth-order valence-electron chi connectivity index (χ4n) is 8.41. The molecule has 4 heterocycles. The first-order valence-electron chi connectivity index (χ1n) is 15.4. The molecule has 2 bridgehead atoms. The summed E-state index contributed by atoms with van der Waals surface area (Å²) in [4.78, 5) is 18.9. The van der Waals surface area contributed by atoms with Crippen LogP contribution in [-0.2, 0) is 19.6 Å². The number of ether oxygens (including phenoxy) is 1. The van der Waals surface area contributed by atoms with Crippen molar-refractivity contribution in [1.29, 1.82) is 0 Å². The number of likely N-dealkylation sites (tertiary alicyclic amines) is 1. The Morgan fingerprint density at radius 3 is 2.20 bits per heavy atom. The molecule has 7 rings (SSSR count). The van der Waals surface area contributed by atoms with Gasteiger partial charge in [-0.25, -0.2) is 8.42 Å². The van der Waals surface area contributed by atoms with Crippen LogP contribution >= 0.6 is 11.6 Å². The van der Waals surface area contributed by atoms with Crippen molar-refractivity contribution >= 4 is 27.5 Å². The average molecular weight is 592 g/mol. The smallest absolute Gasteiger partial charge is 0.252 e. The molecule has 1 aromatic rings. The monoisotopic (exact) mass is 591 g/mol. The molecule has 220 valence electrons. The number of amides is 1. The van der Waals surface area contributed by atoms with Crippen LogP contribution < -0.4 is 0 Å². The second kappa shape index (κ2) is 10.5. The molecule has 40 heavy (non-hydrogen) atoms. The van der Waals surface area contributed by atoms with Crippen molar-refractivity contribution in [3.63, 3.8) is 0 Å². The van der Waals surface area contributed by atoms with Gasteiger partial charge in [0.15, 0.2) is 0 Å². The maximum Gasteiger partial charge on any atom is 0.252 e. The van der Waals surface area contributed by atoms with Gasteiger partial charge >= 0.3 is 0 Å². The zero-order valence-corrected chi connectivity index (χ0v) is 24.7. The molecule has 3 unspecified atom stereocenters. The van der Waals surface area contributed by atoms with Gasteiger partial charge < -0.3 is 19.6 Å². The van der Waals surface area contributed by atoms with E-state index in [4.69, 9.17) is 16.3 Å². The van der Waals surface area contributed by atoms with Crippen LogP contribution in [0.1, 0.15) is 70.6 Å². The molecule has 1 N–H and O–H groups in total. The van der Waals surface area contributed by atoms with E-state index in [-0.39, 0.29) is 41.5 Å². The summed E-state index contributed by atoms with van der Waals surface area (Å²) in [7, 11) is -3.89. The summed E-state index contributed by atoms with van der Waals surface area (Å²) < 4.78 is 36.0. The van der Waals surface area contributed by atoms with Crippen molar-refractivity contribution in [2.24, 2.45) is 11.3 Å². The van der Waals surface area contributed by atoms with E-state index < -0.39 is 27.6 Å². The molecule has 2 aliphatic carbocycles. The van der Waals surface area contributed by atoms with Crippen LogP contribution in [0.2, 0.25) is 5.02 Å². The summed E-state index contributed by atoms with van der Waals surface area (Å²) in [5, 5.41) is 12.3. The predicted molar refractivity (Wildman–Crippen MR) is 151 cm³/mol. The Morgan fingerprint density at radius 2 is 1.60 bits per heavy atom. The van der Waals surface area contributed by atoms with Gasteiger partial charge in [-0.3, -0.25) is 4.79 Å².